The summed E-state index contributed by atoms with van der Waals surface area (Å²) in [5.41, 5.74) is 1.20. The summed E-state index contributed by atoms with van der Waals surface area (Å²) in [5.74, 6) is -5.93. The Labute approximate surface area is 424 Å². The van der Waals surface area contributed by atoms with Crippen molar-refractivity contribution in [2.75, 3.05) is 38.9 Å². The zero-order valence-electron chi connectivity index (χ0n) is 38.5. The molecule has 0 unspecified atom stereocenters. The third-order valence-electron chi connectivity index (χ3n) is 13.7. The number of carbonyl (C=O) groups excluding carboxylic acids is 3. The second-order valence-corrected chi connectivity index (χ2v) is 23.9. The smallest absolute Gasteiger partial charge is 0.326 e. The van der Waals surface area contributed by atoms with Gasteiger partial charge in [0, 0.05) is 46.8 Å². The molecule has 392 valence electrons. The largest absolute Gasteiger partial charge is 0.480 e. The number of hydrogen-bond acceptors (Lipinski definition) is 11. The molecule has 10 rings (SSSR count). The van der Waals surface area contributed by atoms with Gasteiger partial charge in [0.2, 0.25) is 5.91 Å². The van der Waals surface area contributed by atoms with Crippen molar-refractivity contribution < 1.29 is 76.9 Å². The van der Waals surface area contributed by atoms with Gasteiger partial charge in [-0.15, -0.1) is 0 Å². The standard InChI is InChI=1S/C24H22ClF3N2O5S.C14H15NO5S.C10H9ClF3NO/c1-36(33,34)14-4-2-3-12(5-14)23(32)30-19-6-13(19)7-20(30)22(31)29-21(24(28)10-35-11-24)15-8-18(27)16(25)9-17(15)26;1-21(19,20)10-4-2-3-8(5-10)13(16)15-11-6-9(11)7-12(15)14(17)18;11-6-2-7(12)5(1-8(6)13)9(15)10(14)3-16-4-10/h2-5,8-9,13,19-21H,6-7,10-11H2,1H3,(H,29,31);2-5,9,11-12H,6-7H2,1H3,(H,17,18);1-2,9H,3-4,15H2/t13-,19-,20-,21+;9-,11-,12-;9-/m110/s1. The van der Waals surface area contributed by atoms with Crippen molar-refractivity contribution in [2.45, 2.75) is 83.1 Å². The van der Waals surface area contributed by atoms with Crippen LogP contribution >= 0.6 is 23.2 Å². The minimum absolute atomic E-state index is 0.0134. The SMILES string of the molecule is CS(=O)(=O)c1cccc(C(=O)N2[C@@H](C(=O)N[C@@H](c3cc(F)c(Cl)cc3F)C3(F)COC3)C[C@H]3C[C@H]32)c1.CS(=O)(=O)c1cccc(C(=O)N2[C@@H](C(=O)O)C[C@H]3C[C@H]32)c1.N[C@@H](c1cc(F)c(Cl)cc1F)C1(F)COC1. The van der Waals surface area contributed by atoms with E-state index in [9.17, 15) is 63.1 Å². The van der Waals surface area contributed by atoms with E-state index in [1.807, 2.05) is 0 Å². The number of carbonyl (C=O) groups is 4. The maximum absolute atomic E-state index is 15.5. The number of benzene rings is 4. The number of rotatable bonds is 11. The second kappa shape index (κ2) is 20.1. The van der Waals surface area contributed by atoms with Crippen LogP contribution in [0.4, 0.5) is 26.3 Å². The monoisotopic (exact) mass is 1100 g/mol. The fourth-order valence-corrected chi connectivity index (χ4v) is 11.1. The molecule has 0 radical (unpaired) electrons. The van der Waals surface area contributed by atoms with Crippen LogP contribution in [0.3, 0.4) is 0 Å². The Hall–Kier alpha value is -5.30. The first-order chi connectivity index (χ1) is 34.1. The molecule has 2 aliphatic carbocycles. The van der Waals surface area contributed by atoms with Crippen molar-refractivity contribution in [3.05, 3.63) is 128 Å². The molecule has 0 bridgehead atoms. The third-order valence-corrected chi connectivity index (χ3v) is 16.5. The summed E-state index contributed by atoms with van der Waals surface area (Å²) < 4.78 is 141. The number of hydrogen-bond donors (Lipinski definition) is 3. The lowest BCUT2D eigenvalue weighted by atomic mass is 9.87. The first-order valence-corrected chi connectivity index (χ1v) is 27.0. The zero-order chi connectivity index (χ0) is 53.3. The van der Waals surface area contributed by atoms with E-state index in [0.29, 0.717) is 25.3 Å². The van der Waals surface area contributed by atoms with Gasteiger partial charge in [0.15, 0.2) is 31.0 Å². The van der Waals surface area contributed by atoms with Gasteiger partial charge in [0.05, 0.1) is 58.3 Å². The Bertz CT molecular complexity index is 3130. The fraction of sp³-hybridized carbons (Fsp3) is 0.417. The average molecular weight is 1100 g/mol. The molecule has 4 aromatic carbocycles. The molecular formula is C48H46Cl2F6N4O11S2. The summed E-state index contributed by atoms with van der Waals surface area (Å²) in [5, 5.41) is 10.9. The van der Waals surface area contributed by atoms with Gasteiger partial charge < -0.3 is 35.4 Å². The van der Waals surface area contributed by atoms with Crippen LogP contribution in [-0.2, 0) is 38.7 Å². The lowest BCUT2D eigenvalue weighted by Crippen LogP contribution is -2.58. The molecular weight excluding hydrogens is 1060 g/mol. The first-order valence-electron chi connectivity index (χ1n) is 22.5. The number of nitrogens with two attached hydrogens (primary N) is 1. The van der Waals surface area contributed by atoms with E-state index in [0.717, 1.165) is 37.1 Å². The number of carboxylic acid groups (broad SMARTS) is 1. The predicted molar refractivity (Wildman–Crippen MR) is 250 cm³/mol. The van der Waals surface area contributed by atoms with Gasteiger partial charge in [-0.05, 0) is 98.2 Å². The zero-order valence-corrected chi connectivity index (χ0v) is 41.7. The Balaban J connectivity index is 0.000000162. The highest BCUT2D eigenvalue weighted by Gasteiger charge is 2.58. The Morgan fingerprint density at radius 1 is 0.658 bits per heavy atom. The van der Waals surface area contributed by atoms with Crippen LogP contribution < -0.4 is 11.1 Å². The van der Waals surface area contributed by atoms with Gasteiger partial charge in [0.1, 0.15) is 35.4 Å². The molecule has 4 N–H and O–H groups in total. The molecule has 4 heterocycles. The van der Waals surface area contributed by atoms with Gasteiger partial charge in [-0.25, -0.2) is 48.0 Å². The van der Waals surface area contributed by atoms with Gasteiger partial charge in [-0.3, -0.25) is 14.4 Å². The normalized spacial score (nSPS) is 24.6. The maximum atomic E-state index is 15.5. The molecule has 0 spiro atoms. The number of aliphatic carboxylic acids is 1. The highest BCUT2D eigenvalue weighted by atomic mass is 35.5. The van der Waals surface area contributed by atoms with Crippen LogP contribution in [0.15, 0.2) is 82.6 Å². The minimum atomic E-state index is -3.56. The van der Waals surface area contributed by atoms with Gasteiger partial charge in [-0.1, -0.05) is 35.3 Å². The van der Waals surface area contributed by atoms with E-state index >= 15 is 4.39 Å². The molecule has 4 aromatic rings. The first kappa shape index (κ1) is 54.0. The molecule has 2 saturated carbocycles. The van der Waals surface area contributed by atoms with Crippen molar-refractivity contribution in [2.24, 2.45) is 17.6 Å². The Kier molecular flexibility index (Phi) is 14.9. The number of halogens is 8. The van der Waals surface area contributed by atoms with Crippen molar-refractivity contribution in [1.82, 2.24) is 15.1 Å². The van der Waals surface area contributed by atoms with Gasteiger partial charge in [0.25, 0.3) is 11.8 Å². The summed E-state index contributed by atoms with van der Waals surface area (Å²) in [7, 11) is -6.97. The maximum Gasteiger partial charge on any atom is 0.326 e. The number of nitrogens with zero attached hydrogens (tertiary/aromatic N) is 2. The fourth-order valence-electron chi connectivity index (χ4n) is 9.45. The predicted octanol–water partition coefficient (Wildman–Crippen LogP) is 6.35. The second-order valence-electron chi connectivity index (χ2n) is 19.0. The Morgan fingerprint density at radius 3 is 1.51 bits per heavy atom. The number of sulfone groups is 2. The number of carboxylic acids is 1. The number of nitrogens with one attached hydrogen (secondary N) is 1. The lowest BCUT2D eigenvalue weighted by Gasteiger charge is -2.41. The van der Waals surface area contributed by atoms with E-state index in [-0.39, 0.29) is 68.6 Å². The number of amides is 3. The molecule has 6 fully saturated rings. The Morgan fingerprint density at radius 2 is 1.08 bits per heavy atom. The third kappa shape index (κ3) is 11.1. The van der Waals surface area contributed by atoms with Crippen molar-refractivity contribution in [1.29, 1.82) is 0 Å². The van der Waals surface area contributed by atoms with E-state index in [1.165, 1.54) is 58.3 Å². The van der Waals surface area contributed by atoms with Crippen LogP contribution in [-0.4, -0.2) is 130 Å². The van der Waals surface area contributed by atoms with Crippen molar-refractivity contribution in [3.8, 4) is 0 Å². The molecule has 3 amide bonds. The quantitative estimate of drug-likeness (QED) is 0.111. The highest BCUT2D eigenvalue weighted by molar-refractivity contribution is 7.91. The van der Waals surface area contributed by atoms with E-state index < -0.39 is 126 Å². The topological polar surface area (TPSA) is 220 Å². The summed E-state index contributed by atoms with van der Waals surface area (Å²) in [6.07, 6.45) is 4.41. The molecule has 4 saturated heterocycles. The van der Waals surface area contributed by atoms with E-state index in [4.69, 9.17) is 33.7 Å². The summed E-state index contributed by atoms with van der Waals surface area (Å²) >= 11 is 11.0. The molecule has 73 heavy (non-hydrogen) atoms. The molecule has 6 aliphatic rings. The summed E-state index contributed by atoms with van der Waals surface area (Å²) in [4.78, 5) is 53.3. The molecule has 4 aliphatic heterocycles. The lowest BCUT2D eigenvalue weighted by molar-refractivity contribution is -0.155. The average Bonchev–Trinajstić information content (AvgIpc) is 4.20. The number of ether oxygens (including phenoxy) is 2. The van der Waals surface area contributed by atoms with E-state index in [1.54, 1.807) is 0 Å². The number of piperidine rings is 2. The number of likely N-dealkylation sites (tertiary alicyclic amines) is 2. The van der Waals surface area contributed by atoms with Gasteiger partial charge in [-0.2, -0.15) is 0 Å². The summed E-state index contributed by atoms with van der Waals surface area (Å²) in [6.45, 7) is -1.29. The minimum Gasteiger partial charge on any atom is -0.480 e. The van der Waals surface area contributed by atoms with Crippen LogP contribution in [0.5, 0.6) is 0 Å². The van der Waals surface area contributed by atoms with Crippen molar-refractivity contribution in [3.63, 3.8) is 0 Å². The van der Waals surface area contributed by atoms with Crippen molar-refractivity contribution >= 4 is 66.6 Å². The van der Waals surface area contributed by atoms with Crippen LogP contribution in [0, 0.1) is 35.1 Å². The number of fused-ring (bicyclic) bond motifs is 2. The molecule has 8 atom stereocenters. The van der Waals surface area contributed by atoms with Crippen LogP contribution in [0.1, 0.15) is 69.6 Å². The van der Waals surface area contributed by atoms with E-state index in [2.05, 4.69) is 10.1 Å². The number of alkyl halides is 2. The highest BCUT2D eigenvalue weighted by Crippen LogP contribution is 2.50. The molecule has 25 heteroatoms. The van der Waals surface area contributed by atoms with Gasteiger partial charge >= 0.3 is 5.97 Å². The molecule has 15 nitrogen and oxygen atoms in total. The van der Waals surface area contributed by atoms with Crippen LogP contribution in [0.2, 0.25) is 10.0 Å². The summed E-state index contributed by atoms with van der Waals surface area (Å²) in [6, 6.07) is 9.47. The molecule has 0 aromatic heterocycles. The van der Waals surface area contributed by atoms with Crippen LogP contribution in [0.25, 0.3) is 0 Å².